The van der Waals surface area contributed by atoms with E-state index in [2.05, 4.69) is 36.4 Å². The Kier molecular flexibility index (Phi) is 3.03. The zero-order valence-electron chi connectivity index (χ0n) is 7.98. The molecule has 0 aliphatic rings. The van der Waals surface area contributed by atoms with E-state index in [-0.39, 0.29) is 5.38 Å². The molecule has 0 radical (unpaired) electrons. The molecule has 0 aliphatic heterocycles. The van der Waals surface area contributed by atoms with Gasteiger partial charge in [0.15, 0.2) is 9.61 Å². The summed E-state index contributed by atoms with van der Waals surface area (Å²) in [6.07, 6.45) is 0. The van der Waals surface area contributed by atoms with Gasteiger partial charge in [0, 0.05) is 7.05 Å². The topological polar surface area (TPSA) is 56.5 Å². The summed E-state index contributed by atoms with van der Waals surface area (Å²) in [5.41, 5.74) is 0.816. The second-order valence-electron chi connectivity index (χ2n) is 2.91. The molecular formula is C7H7BrClN5S. The van der Waals surface area contributed by atoms with Crippen molar-refractivity contribution in [2.24, 2.45) is 7.05 Å². The molecule has 0 fully saturated rings. The van der Waals surface area contributed by atoms with Crippen LogP contribution in [0.15, 0.2) is 4.60 Å². The normalized spacial score (nSPS) is 13.1. The molecule has 2 heterocycles. The van der Waals surface area contributed by atoms with Crippen LogP contribution >= 0.6 is 38.9 Å². The smallest absolute Gasteiger partial charge is 0.168 e. The minimum Gasteiger partial charge on any atom is -0.244 e. The van der Waals surface area contributed by atoms with Crippen molar-refractivity contribution in [2.75, 3.05) is 0 Å². The summed E-state index contributed by atoms with van der Waals surface area (Å²) in [5, 5.41) is 17.2. The predicted molar refractivity (Wildman–Crippen MR) is 61.9 cm³/mol. The van der Waals surface area contributed by atoms with E-state index < -0.39 is 0 Å². The lowest BCUT2D eigenvalue weighted by Crippen LogP contribution is -1.93. The zero-order valence-corrected chi connectivity index (χ0v) is 11.1. The molecule has 0 saturated heterocycles. The van der Waals surface area contributed by atoms with E-state index in [1.54, 1.807) is 11.7 Å². The number of alkyl halides is 1. The van der Waals surface area contributed by atoms with Gasteiger partial charge in [-0.15, -0.1) is 26.9 Å². The first-order chi connectivity index (χ1) is 7.09. The molecule has 15 heavy (non-hydrogen) atoms. The molecule has 1 unspecified atom stereocenters. The lowest BCUT2D eigenvalue weighted by molar-refractivity contribution is 0.719. The summed E-state index contributed by atoms with van der Waals surface area (Å²) < 4.78 is 2.31. The predicted octanol–water partition coefficient (Wildman–Crippen LogP) is 2.40. The molecule has 0 aliphatic carbocycles. The average Bonchev–Trinajstić information content (AvgIpc) is 2.73. The van der Waals surface area contributed by atoms with Gasteiger partial charge in [-0.05, 0) is 22.9 Å². The van der Waals surface area contributed by atoms with E-state index in [0.29, 0.717) is 4.60 Å². The van der Waals surface area contributed by atoms with E-state index in [0.717, 1.165) is 15.7 Å². The molecule has 0 aromatic carbocycles. The van der Waals surface area contributed by atoms with Crippen molar-refractivity contribution in [1.29, 1.82) is 0 Å². The third kappa shape index (κ3) is 2.04. The monoisotopic (exact) mass is 307 g/mol. The van der Waals surface area contributed by atoms with Crippen LogP contribution in [0.3, 0.4) is 0 Å². The Labute approximate surface area is 104 Å². The standard InChI is InChI=1S/C7H7BrClN5S/c1-3(9)6-11-12-7(15-6)4-5(8)10-13-14(4)2/h3H,1-2H3. The summed E-state index contributed by atoms with van der Waals surface area (Å²) >= 11 is 10.7. The highest BCUT2D eigenvalue weighted by atomic mass is 79.9. The van der Waals surface area contributed by atoms with Crippen molar-refractivity contribution in [3.05, 3.63) is 9.61 Å². The van der Waals surface area contributed by atoms with Crippen LogP contribution in [-0.2, 0) is 7.05 Å². The second-order valence-corrected chi connectivity index (χ2v) is 5.33. The van der Waals surface area contributed by atoms with Crippen molar-refractivity contribution in [1.82, 2.24) is 25.2 Å². The molecule has 1 atom stereocenters. The maximum atomic E-state index is 5.92. The van der Waals surface area contributed by atoms with Crippen LogP contribution in [0, 0.1) is 0 Å². The summed E-state index contributed by atoms with van der Waals surface area (Å²) in [5.74, 6) is 0. The summed E-state index contributed by atoms with van der Waals surface area (Å²) in [6, 6.07) is 0. The highest BCUT2D eigenvalue weighted by molar-refractivity contribution is 9.10. The summed E-state index contributed by atoms with van der Waals surface area (Å²) in [6.45, 7) is 1.86. The van der Waals surface area contributed by atoms with Crippen LogP contribution in [0.1, 0.15) is 17.3 Å². The maximum absolute atomic E-state index is 5.92. The van der Waals surface area contributed by atoms with Crippen LogP contribution in [-0.4, -0.2) is 25.2 Å². The minimum absolute atomic E-state index is 0.129. The Bertz CT molecular complexity index is 460. The first-order valence-corrected chi connectivity index (χ1v) is 6.17. The molecule has 2 rings (SSSR count). The van der Waals surface area contributed by atoms with Crippen molar-refractivity contribution in [2.45, 2.75) is 12.3 Å². The molecule has 5 nitrogen and oxygen atoms in total. The molecule has 2 aromatic heterocycles. The molecule has 8 heteroatoms. The number of aryl methyl sites for hydroxylation is 1. The van der Waals surface area contributed by atoms with Crippen molar-refractivity contribution >= 4 is 38.9 Å². The van der Waals surface area contributed by atoms with E-state index in [1.165, 1.54) is 11.3 Å². The highest BCUT2D eigenvalue weighted by Gasteiger charge is 2.17. The SMILES string of the molecule is CC(Cl)c1nnc(-c2c(Br)nnn2C)s1. The van der Waals surface area contributed by atoms with Crippen molar-refractivity contribution in [3.8, 4) is 10.7 Å². The van der Waals surface area contributed by atoms with Crippen molar-refractivity contribution < 1.29 is 0 Å². The number of aromatic nitrogens is 5. The van der Waals surface area contributed by atoms with Gasteiger partial charge in [-0.3, -0.25) is 0 Å². The number of rotatable bonds is 2. The van der Waals surface area contributed by atoms with Gasteiger partial charge >= 0.3 is 0 Å². The highest BCUT2D eigenvalue weighted by Crippen LogP contribution is 2.31. The van der Waals surface area contributed by atoms with E-state index in [1.807, 2.05) is 6.92 Å². The van der Waals surface area contributed by atoms with Crippen LogP contribution in [0.2, 0.25) is 0 Å². The quantitative estimate of drug-likeness (QED) is 0.799. The fourth-order valence-electron chi connectivity index (χ4n) is 1.05. The largest absolute Gasteiger partial charge is 0.244 e. The Hall–Kier alpha value is -0.530. The van der Waals surface area contributed by atoms with Crippen molar-refractivity contribution in [3.63, 3.8) is 0 Å². The van der Waals surface area contributed by atoms with Gasteiger partial charge < -0.3 is 0 Å². The van der Waals surface area contributed by atoms with E-state index in [9.17, 15) is 0 Å². The van der Waals surface area contributed by atoms with Gasteiger partial charge in [0.2, 0.25) is 0 Å². The van der Waals surface area contributed by atoms with Crippen LogP contribution < -0.4 is 0 Å². The Morgan fingerprint density at radius 2 is 2.13 bits per heavy atom. The van der Waals surface area contributed by atoms with Crippen LogP contribution in [0.25, 0.3) is 10.7 Å². The Balaban J connectivity index is 2.46. The second kappa shape index (κ2) is 4.15. The summed E-state index contributed by atoms with van der Waals surface area (Å²) in [4.78, 5) is 0. The first-order valence-electron chi connectivity index (χ1n) is 4.12. The molecule has 0 bridgehead atoms. The van der Waals surface area contributed by atoms with Crippen LogP contribution in [0.5, 0.6) is 0 Å². The van der Waals surface area contributed by atoms with E-state index >= 15 is 0 Å². The van der Waals surface area contributed by atoms with Gasteiger partial charge in [0.1, 0.15) is 10.7 Å². The lowest BCUT2D eigenvalue weighted by atomic mass is 10.5. The molecule has 0 N–H and O–H groups in total. The fourth-order valence-corrected chi connectivity index (χ4v) is 2.72. The average molecular weight is 309 g/mol. The number of hydrogen-bond acceptors (Lipinski definition) is 5. The fraction of sp³-hybridized carbons (Fsp3) is 0.429. The Morgan fingerprint density at radius 1 is 1.40 bits per heavy atom. The van der Waals surface area contributed by atoms with Gasteiger partial charge in [0.25, 0.3) is 0 Å². The van der Waals surface area contributed by atoms with Crippen LogP contribution in [0.4, 0.5) is 0 Å². The lowest BCUT2D eigenvalue weighted by Gasteiger charge is -1.94. The maximum Gasteiger partial charge on any atom is 0.168 e. The first kappa shape index (κ1) is 11.0. The number of hydrogen-bond donors (Lipinski definition) is 0. The van der Waals surface area contributed by atoms with Gasteiger partial charge in [-0.1, -0.05) is 16.6 Å². The van der Waals surface area contributed by atoms with Gasteiger partial charge in [-0.25, -0.2) is 4.68 Å². The van der Waals surface area contributed by atoms with E-state index in [4.69, 9.17) is 11.6 Å². The molecule has 0 spiro atoms. The number of halogens is 2. The minimum atomic E-state index is -0.129. The zero-order chi connectivity index (χ0) is 11.0. The number of nitrogens with zero attached hydrogens (tertiary/aromatic N) is 5. The molecule has 0 saturated carbocycles. The van der Waals surface area contributed by atoms with Gasteiger partial charge in [0.05, 0.1) is 5.38 Å². The summed E-state index contributed by atoms with van der Waals surface area (Å²) in [7, 11) is 1.80. The molecule has 0 amide bonds. The third-order valence-electron chi connectivity index (χ3n) is 1.77. The Morgan fingerprint density at radius 3 is 2.60 bits per heavy atom. The molecule has 2 aromatic rings. The molecule has 80 valence electrons. The van der Waals surface area contributed by atoms with Gasteiger partial charge in [-0.2, -0.15) is 0 Å². The molecular weight excluding hydrogens is 302 g/mol. The third-order valence-corrected chi connectivity index (χ3v) is 3.75.